The van der Waals surface area contributed by atoms with Gasteiger partial charge in [0.25, 0.3) is 5.91 Å². The third-order valence-electron chi connectivity index (χ3n) is 5.44. The van der Waals surface area contributed by atoms with Crippen LogP contribution in [0.15, 0.2) is 59.7 Å². The van der Waals surface area contributed by atoms with Gasteiger partial charge in [-0.1, -0.05) is 41.4 Å². The summed E-state index contributed by atoms with van der Waals surface area (Å²) in [5.74, 6) is -2.03. The monoisotopic (exact) mass is 490 g/mol. The van der Waals surface area contributed by atoms with Crippen LogP contribution < -0.4 is 4.74 Å². The molecule has 0 saturated carbocycles. The highest BCUT2D eigenvalue weighted by molar-refractivity contribution is 6.35. The van der Waals surface area contributed by atoms with E-state index in [9.17, 15) is 18.7 Å². The molecule has 1 aliphatic rings. The van der Waals surface area contributed by atoms with Gasteiger partial charge in [0.05, 0.1) is 17.8 Å². The molecule has 1 N–H and O–H groups in total. The van der Waals surface area contributed by atoms with Gasteiger partial charge in [-0.25, -0.2) is 8.78 Å². The van der Waals surface area contributed by atoms with Crippen molar-refractivity contribution in [3.8, 4) is 5.75 Å². The standard InChI is InChI=1S/C24H18Cl2F2N2O3/c1-13-3-4-14(9-19(13)27)21-12-24(32,17-7-6-16(25)11-18(17)26)30(29-21)23(31)15-5-8-22(33-2)20(28)10-15/h3-11,32H,12H2,1-2H3. The zero-order valence-corrected chi connectivity index (χ0v) is 19.1. The van der Waals surface area contributed by atoms with Crippen molar-refractivity contribution in [2.24, 2.45) is 5.10 Å². The largest absolute Gasteiger partial charge is 0.494 e. The summed E-state index contributed by atoms with van der Waals surface area (Å²) in [7, 11) is 1.30. The van der Waals surface area contributed by atoms with E-state index >= 15 is 0 Å². The van der Waals surface area contributed by atoms with Crippen molar-refractivity contribution in [2.45, 2.75) is 19.1 Å². The fourth-order valence-electron chi connectivity index (χ4n) is 3.64. The highest BCUT2D eigenvalue weighted by Gasteiger charge is 2.47. The fourth-order valence-corrected chi connectivity index (χ4v) is 4.20. The molecule has 0 radical (unpaired) electrons. The van der Waals surface area contributed by atoms with Crippen LogP contribution in [0.5, 0.6) is 5.75 Å². The van der Waals surface area contributed by atoms with Crippen molar-refractivity contribution in [3.63, 3.8) is 0 Å². The molecule has 1 atom stereocenters. The summed E-state index contributed by atoms with van der Waals surface area (Å²) >= 11 is 12.3. The van der Waals surface area contributed by atoms with E-state index in [0.717, 1.165) is 11.1 Å². The van der Waals surface area contributed by atoms with Crippen molar-refractivity contribution in [1.29, 1.82) is 0 Å². The lowest BCUT2D eigenvalue weighted by Gasteiger charge is -2.32. The summed E-state index contributed by atoms with van der Waals surface area (Å²) in [6.45, 7) is 1.62. The van der Waals surface area contributed by atoms with Gasteiger partial charge in [0.1, 0.15) is 5.82 Å². The number of ether oxygens (including phenoxy) is 1. The van der Waals surface area contributed by atoms with Crippen molar-refractivity contribution in [1.82, 2.24) is 5.01 Å². The van der Waals surface area contributed by atoms with E-state index in [-0.39, 0.29) is 34.0 Å². The molecule has 3 aromatic carbocycles. The Labute approximate surface area is 198 Å². The molecule has 1 unspecified atom stereocenters. The van der Waals surface area contributed by atoms with Gasteiger partial charge in [0.2, 0.25) is 0 Å². The van der Waals surface area contributed by atoms with Gasteiger partial charge in [0, 0.05) is 28.1 Å². The minimum atomic E-state index is -2.02. The average molecular weight is 491 g/mol. The summed E-state index contributed by atoms with van der Waals surface area (Å²) < 4.78 is 33.4. The Hall–Kier alpha value is -3.00. The molecule has 1 aliphatic heterocycles. The molecule has 0 bridgehead atoms. The topological polar surface area (TPSA) is 62.1 Å². The number of hydrazone groups is 1. The van der Waals surface area contributed by atoms with E-state index in [0.29, 0.717) is 16.1 Å². The summed E-state index contributed by atoms with van der Waals surface area (Å²) in [6, 6.07) is 12.6. The first-order valence-electron chi connectivity index (χ1n) is 9.84. The number of aliphatic hydroxyl groups is 1. The van der Waals surface area contributed by atoms with Gasteiger partial charge in [-0.05, 0) is 48.9 Å². The predicted octanol–water partition coefficient (Wildman–Crippen LogP) is 5.68. The number of nitrogens with zero attached hydrogens (tertiary/aromatic N) is 2. The Morgan fingerprint density at radius 3 is 2.48 bits per heavy atom. The molecular weight excluding hydrogens is 473 g/mol. The summed E-state index contributed by atoms with van der Waals surface area (Å²) in [6.07, 6.45) is -0.179. The fraction of sp³-hybridized carbons (Fsp3) is 0.167. The number of methoxy groups -OCH3 is 1. The average Bonchev–Trinajstić information content (AvgIpc) is 3.13. The second kappa shape index (κ2) is 8.74. The number of carbonyl (C=O) groups excluding carboxylic acids is 1. The van der Waals surface area contributed by atoms with Crippen LogP contribution in [0.2, 0.25) is 10.0 Å². The number of hydrogen-bond donors (Lipinski definition) is 1. The Morgan fingerprint density at radius 1 is 1.09 bits per heavy atom. The van der Waals surface area contributed by atoms with Gasteiger partial charge < -0.3 is 9.84 Å². The van der Waals surface area contributed by atoms with Gasteiger partial charge in [0.15, 0.2) is 17.3 Å². The molecule has 4 rings (SSSR count). The Bertz CT molecular complexity index is 1300. The molecule has 5 nitrogen and oxygen atoms in total. The minimum Gasteiger partial charge on any atom is -0.494 e. The number of halogens is 4. The van der Waals surface area contributed by atoms with Crippen molar-refractivity contribution in [2.75, 3.05) is 7.11 Å². The lowest BCUT2D eigenvalue weighted by Crippen LogP contribution is -2.43. The maximum atomic E-state index is 14.3. The van der Waals surface area contributed by atoms with E-state index in [4.69, 9.17) is 27.9 Å². The van der Waals surface area contributed by atoms with Crippen LogP contribution in [0.3, 0.4) is 0 Å². The number of aryl methyl sites for hydroxylation is 1. The normalized spacial score (nSPS) is 17.8. The molecule has 0 aliphatic carbocycles. The zero-order valence-electron chi connectivity index (χ0n) is 17.6. The zero-order chi connectivity index (χ0) is 23.9. The number of hydrogen-bond acceptors (Lipinski definition) is 4. The number of carbonyl (C=O) groups is 1. The third kappa shape index (κ3) is 4.19. The second-order valence-electron chi connectivity index (χ2n) is 7.59. The minimum absolute atomic E-state index is 0.0386. The lowest BCUT2D eigenvalue weighted by molar-refractivity contribution is -0.0764. The first-order chi connectivity index (χ1) is 15.6. The van der Waals surface area contributed by atoms with Gasteiger partial charge >= 0.3 is 0 Å². The SMILES string of the molecule is COc1ccc(C(=O)N2N=C(c3ccc(C)c(F)c3)CC2(O)c2ccc(Cl)cc2Cl)cc1F. The van der Waals surface area contributed by atoms with Crippen LogP contribution in [0.25, 0.3) is 0 Å². The highest BCUT2D eigenvalue weighted by Crippen LogP contribution is 2.42. The van der Waals surface area contributed by atoms with E-state index in [1.165, 1.54) is 43.5 Å². The molecule has 1 amide bonds. The maximum absolute atomic E-state index is 14.3. The molecular formula is C24H18Cl2F2N2O3. The Balaban J connectivity index is 1.84. The van der Waals surface area contributed by atoms with Crippen LogP contribution in [-0.4, -0.2) is 28.8 Å². The molecule has 0 saturated heterocycles. The van der Waals surface area contributed by atoms with Crippen molar-refractivity contribution >= 4 is 34.8 Å². The van der Waals surface area contributed by atoms with Crippen LogP contribution in [-0.2, 0) is 5.72 Å². The molecule has 0 aromatic heterocycles. The lowest BCUT2D eigenvalue weighted by atomic mass is 9.94. The third-order valence-corrected chi connectivity index (χ3v) is 5.99. The van der Waals surface area contributed by atoms with Crippen LogP contribution >= 0.6 is 23.2 Å². The van der Waals surface area contributed by atoms with Gasteiger partial charge in [-0.15, -0.1) is 0 Å². The maximum Gasteiger partial charge on any atom is 0.277 e. The molecule has 1 heterocycles. The molecule has 33 heavy (non-hydrogen) atoms. The second-order valence-corrected chi connectivity index (χ2v) is 8.44. The van der Waals surface area contributed by atoms with E-state index in [2.05, 4.69) is 5.10 Å². The van der Waals surface area contributed by atoms with E-state index < -0.39 is 23.3 Å². The summed E-state index contributed by atoms with van der Waals surface area (Å²) in [4.78, 5) is 13.4. The number of rotatable bonds is 4. The van der Waals surface area contributed by atoms with E-state index in [1.807, 2.05) is 0 Å². The first-order valence-corrected chi connectivity index (χ1v) is 10.6. The molecule has 0 spiro atoms. The molecule has 9 heteroatoms. The summed E-state index contributed by atoms with van der Waals surface area (Å²) in [5.41, 5.74) is -0.844. The van der Waals surface area contributed by atoms with Gasteiger partial charge in [-0.3, -0.25) is 4.79 Å². The molecule has 0 fully saturated rings. The van der Waals surface area contributed by atoms with Crippen LogP contribution in [0, 0.1) is 18.6 Å². The van der Waals surface area contributed by atoms with Gasteiger partial charge in [-0.2, -0.15) is 10.1 Å². The molecule has 170 valence electrons. The van der Waals surface area contributed by atoms with Crippen LogP contribution in [0.1, 0.15) is 33.5 Å². The number of amides is 1. The summed E-state index contributed by atoms with van der Waals surface area (Å²) in [5, 5.41) is 17.3. The van der Waals surface area contributed by atoms with Crippen LogP contribution in [0.4, 0.5) is 8.78 Å². The highest BCUT2D eigenvalue weighted by atomic mass is 35.5. The Kier molecular flexibility index (Phi) is 6.14. The van der Waals surface area contributed by atoms with Crippen molar-refractivity contribution < 1.29 is 23.4 Å². The smallest absolute Gasteiger partial charge is 0.277 e. The first kappa shape index (κ1) is 23.2. The number of benzene rings is 3. The Morgan fingerprint density at radius 2 is 1.85 bits per heavy atom. The quantitative estimate of drug-likeness (QED) is 0.511. The predicted molar refractivity (Wildman–Crippen MR) is 122 cm³/mol. The van der Waals surface area contributed by atoms with Crippen molar-refractivity contribution in [3.05, 3.63) is 98.5 Å². The molecule has 3 aromatic rings. The van der Waals surface area contributed by atoms with E-state index in [1.54, 1.807) is 19.1 Å².